The first-order chi connectivity index (χ1) is 16.1. The van der Waals surface area contributed by atoms with Gasteiger partial charge in [-0.2, -0.15) is 4.68 Å². The molecule has 1 saturated carbocycles. The van der Waals surface area contributed by atoms with E-state index in [0.29, 0.717) is 24.7 Å². The molecule has 1 amide bonds. The molecule has 2 N–H and O–H groups in total. The molecule has 34 heavy (non-hydrogen) atoms. The van der Waals surface area contributed by atoms with Gasteiger partial charge in [0.15, 0.2) is 0 Å². The second-order valence-corrected chi connectivity index (χ2v) is 10.2. The van der Waals surface area contributed by atoms with Crippen LogP contribution in [-0.2, 0) is 13.0 Å². The Morgan fingerprint density at radius 2 is 2.00 bits per heavy atom. The third kappa shape index (κ3) is 5.35. The van der Waals surface area contributed by atoms with Gasteiger partial charge in [-0.25, -0.2) is 9.18 Å². The van der Waals surface area contributed by atoms with Crippen molar-refractivity contribution >= 4 is 5.91 Å². The predicted molar refractivity (Wildman–Crippen MR) is 126 cm³/mol. The van der Waals surface area contributed by atoms with Crippen LogP contribution in [0.15, 0.2) is 16.9 Å². The van der Waals surface area contributed by atoms with Crippen molar-refractivity contribution in [3.05, 3.63) is 39.8 Å². The van der Waals surface area contributed by atoms with Crippen LogP contribution in [0.3, 0.4) is 0 Å². The quantitative estimate of drug-likeness (QED) is 0.641. The van der Waals surface area contributed by atoms with Gasteiger partial charge in [0.1, 0.15) is 23.1 Å². The van der Waals surface area contributed by atoms with Crippen molar-refractivity contribution in [2.45, 2.75) is 90.4 Å². The third-order valence-electron chi connectivity index (χ3n) is 6.80. The Bertz CT molecular complexity index is 1100. The van der Waals surface area contributed by atoms with Gasteiger partial charge in [0, 0.05) is 25.6 Å². The number of carbonyl (C=O) groups is 1. The minimum atomic E-state index is -1.12. The van der Waals surface area contributed by atoms with Crippen molar-refractivity contribution in [3.8, 4) is 11.4 Å². The lowest BCUT2D eigenvalue weighted by molar-refractivity contribution is 0.0687. The second-order valence-electron chi connectivity index (χ2n) is 10.2. The van der Waals surface area contributed by atoms with Crippen molar-refractivity contribution in [1.82, 2.24) is 19.7 Å². The molecule has 0 bridgehead atoms. The van der Waals surface area contributed by atoms with Crippen LogP contribution in [-0.4, -0.2) is 43.6 Å². The van der Waals surface area contributed by atoms with Crippen LogP contribution < -0.4 is 15.7 Å². The molecule has 186 valence electrons. The fourth-order valence-electron chi connectivity index (χ4n) is 4.83. The number of ether oxygens (including phenoxy) is 1. The Hall–Kier alpha value is -2.68. The van der Waals surface area contributed by atoms with Gasteiger partial charge in [-0.05, 0) is 58.4 Å². The number of hydrogen-bond acceptors (Lipinski definition) is 5. The summed E-state index contributed by atoms with van der Waals surface area (Å²) < 4.78 is 24.2. The number of halogens is 1. The second kappa shape index (κ2) is 9.90. The first-order valence-corrected chi connectivity index (χ1v) is 12.3. The largest absolute Gasteiger partial charge is 0.490 e. The molecule has 1 fully saturated rings. The number of hydrogen-bond donors (Lipinski definition) is 2. The summed E-state index contributed by atoms with van der Waals surface area (Å²) in [5, 5.41) is 17.0. The molecular formula is C25H35FN4O4. The lowest BCUT2D eigenvalue weighted by Crippen LogP contribution is -2.38. The van der Waals surface area contributed by atoms with E-state index in [-0.39, 0.29) is 35.3 Å². The number of fused-ring (bicyclic) bond motifs is 1. The molecule has 1 aromatic carbocycles. The van der Waals surface area contributed by atoms with E-state index >= 15 is 4.39 Å². The van der Waals surface area contributed by atoms with Crippen LogP contribution in [0.2, 0.25) is 0 Å². The van der Waals surface area contributed by atoms with E-state index in [9.17, 15) is 14.7 Å². The van der Waals surface area contributed by atoms with Gasteiger partial charge in [-0.15, -0.1) is 5.10 Å². The van der Waals surface area contributed by atoms with Crippen LogP contribution in [0.4, 0.5) is 4.39 Å². The predicted octanol–water partition coefficient (Wildman–Crippen LogP) is 3.36. The average Bonchev–Trinajstić information content (AvgIpc) is 3.14. The Morgan fingerprint density at radius 3 is 2.68 bits per heavy atom. The number of aryl methyl sites for hydroxylation is 1. The molecule has 1 atom stereocenters. The van der Waals surface area contributed by atoms with Gasteiger partial charge in [0.2, 0.25) is 0 Å². The Balaban J connectivity index is 1.71. The minimum Gasteiger partial charge on any atom is -0.490 e. The summed E-state index contributed by atoms with van der Waals surface area (Å²) in [5.74, 6) is -0.0861. The van der Waals surface area contributed by atoms with Gasteiger partial charge >= 0.3 is 5.69 Å². The summed E-state index contributed by atoms with van der Waals surface area (Å²) in [7, 11) is 0. The number of rotatable bonds is 7. The Labute approximate surface area is 199 Å². The summed E-state index contributed by atoms with van der Waals surface area (Å²) in [6.45, 7) is 5.69. The Kier molecular flexibility index (Phi) is 7.12. The highest BCUT2D eigenvalue weighted by Crippen LogP contribution is 2.32. The van der Waals surface area contributed by atoms with Crippen LogP contribution in [0.5, 0.6) is 5.75 Å². The smallest absolute Gasteiger partial charge is 0.350 e. The molecule has 0 radical (unpaired) electrons. The first-order valence-electron chi connectivity index (χ1n) is 12.3. The molecule has 2 aliphatic rings. The highest BCUT2D eigenvalue weighted by atomic mass is 19.1. The van der Waals surface area contributed by atoms with Gasteiger partial charge in [0.05, 0.1) is 17.3 Å². The lowest BCUT2D eigenvalue weighted by atomic mass is 9.86. The molecule has 2 aromatic rings. The van der Waals surface area contributed by atoms with Gasteiger partial charge < -0.3 is 15.2 Å². The number of nitrogens with zero attached hydrogens (tertiary/aromatic N) is 3. The molecule has 0 saturated heterocycles. The summed E-state index contributed by atoms with van der Waals surface area (Å²) in [5.41, 5.74) is -1.51. The van der Waals surface area contributed by atoms with Crippen molar-refractivity contribution in [1.29, 1.82) is 0 Å². The summed E-state index contributed by atoms with van der Waals surface area (Å²) in [4.78, 5) is 25.9. The number of aliphatic hydroxyl groups is 1. The highest BCUT2D eigenvalue weighted by Gasteiger charge is 2.27. The molecule has 1 aromatic heterocycles. The number of amides is 1. The summed E-state index contributed by atoms with van der Waals surface area (Å²) >= 11 is 0. The molecule has 9 heteroatoms. The fraction of sp³-hybridized carbons (Fsp3) is 0.640. The van der Waals surface area contributed by atoms with Gasteiger partial charge in [-0.3, -0.25) is 9.36 Å². The molecule has 2 heterocycles. The van der Waals surface area contributed by atoms with Crippen LogP contribution >= 0.6 is 0 Å². The van der Waals surface area contributed by atoms with E-state index < -0.39 is 17.3 Å². The maximum Gasteiger partial charge on any atom is 0.350 e. The van der Waals surface area contributed by atoms with Crippen molar-refractivity contribution in [3.63, 3.8) is 0 Å². The zero-order valence-corrected chi connectivity index (χ0v) is 20.3. The van der Waals surface area contributed by atoms with Crippen LogP contribution in [0, 0.1) is 11.7 Å². The monoisotopic (exact) mass is 474 g/mol. The molecule has 0 spiro atoms. The van der Waals surface area contributed by atoms with E-state index in [1.807, 2.05) is 6.92 Å². The zero-order chi connectivity index (χ0) is 24.5. The topological polar surface area (TPSA) is 98.4 Å². The summed E-state index contributed by atoms with van der Waals surface area (Å²) in [6, 6.07) is 2.51. The lowest BCUT2D eigenvalue weighted by Gasteiger charge is -2.29. The normalized spacial score (nSPS) is 17.8. The Morgan fingerprint density at radius 1 is 1.26 bits per heavy atom. The molecule has 8 nitrogen and oxygen atoms in total. The van der Waals surface area contributed by atoms with Crippen molar-refractivity contribution < 1.29 is 19.0 Å². The van der Waals surface area contributed by atoms with E-state index in [1.54, 1.807) is 18.4 Å². The minimum absolute atomic E-state index is 0.0000463. The number of carbonyl (C=O) groups excluding carboxylic acids is 1. The molecular weight excluding hydrogens is 439 g/mol. The number of aromatic nitrogens is 3. The highest BCUT2D eigenvalue weighted by molar-refractivity contribution is 5.97. The van der Waals surface area contributed by atoms with Gasteiger partial charge in [0.25, 0.3) is 5.91 Å². The van der Waals surface area contributed by atoms with Crippen molar-refractivity contribution in [2.75, 3.05) is 6.54 Å². The van der Waals surface area contributed by atoms with Gasteiger partial charge in [-0.1, -0.05) is 19.3 Å². The SMILES string of the molecule is CC(Oc1cc(-n2nc3n(c2=O)CCCC3)c(F)cc1C(=O)NCC(C)(C)O)C1CCCCC1. The van der Waals surface area contributed by atoms with Crippen molar-refractivity contribution in [2.24, 2.45) is 5.92 Å². The zero-order valence-electron chi connectivity index (χ0n) is 20.3. The maximum absolute atomic E-state index is 15.3. The van der Waals surface area contributed by atoms with E-state index in [1.165, 1.54) is 12.5 Å². The van der Waals surface area contributed by atoms with E-state index in [0.717, 1.165) is 49.3 Å². The standard InChI is InChI=1S/C25H35FN4O4/c1-16(17-9-5-4-6-10-17)34-21-14-20(30-24(32)29-12-8-7-11-22(29)28-30)19(26)13-18(21)23(31)27-15-25(2,3)33/h13-14,16-17,33H,4-12,15H2,1-3H3,(H,27,31). The maximum atomic E-state index is 15.3. The number of nitrogens with one attached hydrogen (secondary N) is 1. The molecule has 1 aliphatic heterocycles. The number of benzene rings is 1. The molecule has 4 rings (SSSR count). The third-order valence-corrected chi connectivity index (χ3v) is 6.80. The van der Waals surface area contributed by atoms with Crippen LogP contribution in [0.1, 0.15) is 81.9 Å². The van der Waals surface area contributed by atoms with E-state index in [2.05, 4.69) is 10.4 Å². The summed E-state index contributed by atoms with van der Waals surface area (Å²) in [6.07, 6.45) is 7.90. The average molecular weight is 475 g/mol. The first kappa shape index (κ1) is 24.4. The van der Waals surface area contributed by atoms with E-state index in [4.69, 9.17) is 4.74 Å². The fourth-order valence-corrected chi connectivity index (χ4v) is 4.83. The molecule has 1 unspecified atom stereocenters. The molecule has 1 aliphatic carbocycles. The van der Waals surface area contributed by atoms with Crippen LogP contribution in [0.25, 0.3) is 5.69 Å².